The second-order valence-corrected chi connectivity index (χ2v) is 7.93. The maximum absolute atomic E-state index is 2.37. The fourth-order valence-electron chi connectivity index (χ4n) is 2.74. The van der Waals surface area contributed by atoms with Gasteiger partial charge in [-0.05, 0) is 88.5 Å². The van der Waals surface area contributed by atoms with Gasteiger partial charge in [0.25, 0.3) is 0 Å². The van der Waals surface area contributed by atoms with E-state index < -0.39 is 10.9 Å². The van der Waals surface area contributed by atoms with Crippen molar-refractivity contribution in [3.63, 3.8) is 0 Å². The molecular formula is C21H22S. The number of benzene rings is 3. The summed E-state index contributed by atoms with van der Waals surface area (Å²) in [6, 6.07) is 26.5. The Morgan fingerprint density at radius 3 is 1.36 bits per heavy atom. The van der Waals surface area contributed by atoms with Gasteiger partial charge < -0.3 is 0 Å². The highest BCUT2D eigenvalue weighted by Crippen LogP contribution is 2.51. The minimum Gasteiger partial charge on any atom is -0.173 e. The van der Waals surface area contributed by atoms with Crippen LogP contribution in [0.4, 0.5) is 0 Å². The molecular weight excluding hydrogens is 284 g/mol. The molecule has 0 nitrogen and oxygen atoms in total. The third-order valence-electron chi connectivity index (χ3n) is 4.20. The number of hydrogen-bond acceptors (Lipinski definition) is 0. The SMILES string of the molecule is Cc1cc([SH](c2ccccc2)c2ccccc2)cc(C)c1C. The minimum absolute atomic E-state index is 0.491. The zero-order chi connectivity index (χ0) is 15.5. The van der Waals surface area contributed by atoms with Crippen LogP contribution in [0.1, 0.15) is 16.7 Å². The molecule has 0 fully saturated rings. The van der Waals surface area contributed by atoms with Gasteiger partial charge in [0, 0.05) is 0 Å². The van der Waals surface area contributed by atoms with E-state index in [0.29, 0.717) is 0 Å². The monoisotopic (exact) mass is 306 g/mol. The summed E-state index contributed by atoms with van der Waals surface area (Å²) < 4.78 is 0. The van der Waals surface area contributed by atoms with Crippen LogP contribution in [-0.4, -0.2) is 0 Å². The predicted octanol–water partition coefficient (Wildman–Crippen LogP) is 6.09. The van der Waals surface area contributed by atoms with Gasteiger partial charge in [0.1, 0.15) is 0 Å². The van der Waals surface area contributed by atoms with E-state index in [0.717, 1.165) is 0 Å². The first kappa shape index (κ1) is 14.9. The molecule has 0 spiro atoms. The Balaban J connectivity index is 2.19. The highest BCUT2D eigenvalue weighted by atomic mass is 32.2. The van der Waals surface area contributed by atoms with Crippen LogP contribution in [0.5, 0.6) is 0 Å². The Kier molecular flexibility index (Phi) is 4.35. The first-order valence-corrected chi connectivity index (χ1v) is 8.99. The van der Waals surface area contributed by atoms with Gasteiger partial charge in [-0.15, -0.1) is 0 Å². The second-order valence-electron chi connectivity index (χ2n) is 5.71. The topological polar surface area (TPSA) is 0 Å². The smallest absolute Gasteiger partial charge is 0.00397 e. The predicted molar refractivity (Wildman–Crippen MR) is 97.3 cm³/mol. The van der Waals surface area contributed by atoms with Crippen LogP contribution in [0.3, 0.4) is 0 Å². The van der Waals surface area contributed by atoms with Crippen LogP contribution in [0.15, 0.2) is 87.5 Å². The van der Waals surface area contributed by atoms with Gasteiger partial charge in [-0.2, -0.15) is 10.9 Å². The third-order valence-corrected chi connectivity index (χ3v) is 6.60. The summed E-state index contributed by atoms with van der Waals surface area (Å²) in [4.78, 5) is 4.26. The first-order valence-electron chi connectivity index (χ1n) is 7.65. The van der Waals surface area contributed by atoms with Gasteiger partial charge in [-0.1, -0.05) is 36.4 Å². The highest BCUT2D eigenvalue weighted by molar-refractivity contribution is 8.17. The van der Waals surface area contributed by atoms with Gasteiger partial charge >= 0.3 is 0 Å². The lowest BCUT2D eigenvalue weighted by atomic mass is 10.1. The molecule has 0 aliphatic rings. The first-order chi connectivity index (χ1) is 10.7. The summed E-state index contributed by atoms with van der Waals surface area (Å²) in [5, 5.41) is 0. The standard InChI is InChI=1S/C21H22S/c1-16-14-21(15-17(2)18(16)3)22(19-10-6-4-7-11-19)20-12-8-5-9-13-20/h4-15,22H,1-3H3. The number of thiol groups is 1. The molecule has 0 bridgehead atoms. The van der Waals surface area contributed by atoms with Crippen molar-refractivity contribution in [3.8, 4) is 0 Å². The molecule has 0 heterocycles. The molecule has 0 aromatic heterocycles. The lowest BCUT2D eigenvalue weighted by molar-refractivity contribution is 1.20. The molecule has 1 heteroatoms. The molecule has 22 heavy (non-hydrogen) atoms. The van der Waals surface area contributed by atoms with Gasteiger partial charge in [-0.25, -0.2) is 0 Å². The highest BCUT2D eigenvalue weighted by Gasteiger charge is 2.13. The summed E-state index contributed by atoms with van der Waals surface area (Å²) in [5.41, 5.74) is 4.17. The Bertz CT molecular complexity index is 698. The number of hydrogen-bond donors (Lipinski definition) is 1. The molecule has 0 saturated carbocycles. The summed E-state index contributed by atoms with van der Waals surface area (Å²) in [6.45, 7) is 6.65. The van der Waals surface area contributed by atoms with E-state index in [2.05, 4.69) is 93.6 Å². The fraction of sp³-hybridized carbons (Fsp3) is 0.143. The van der Waals surface area contributed by atoms with E-state index >= 15 is 0 Å². The third kappa shape index (κ3) is 2.95. The van der Waals surface area contributed by atoms with E-state index in [1.807, 2.05) is 0 Å². The van der Waals surface area contributed by atoms with E-state index in [1.54, 1.807) is 0 Å². The van der Waals surface area contributed by atoms with Gasteiger partial charge in [-0.3, -0.25) is 0 Å². The van der Waals surface area contributed by atoms with Crippen molar-refractivity contribution in [2.75, 3.05) is 0 Å². The number of aryl methyl sites for hydroxylation is 2. The Labute approximate surface area is 136 Å². The van der Waals surface area contributed by atoms with Crippen LogP contribution in [0.2, 0.25) is 0 Å². The fourth-order valence-corrected chi connectivity index (χ4v) is 5.22. The molecule has 112 valence electrons. The zero-order valence-electron chi connectivity index (χ0n) is 13.4. The maximum Gasteiger partial charge on any atom is -0.00397 e. The van der Waals surface area contributed by atoms with Crippen molar-refractivity contribution >= 4 is 10.9 Å². The summed E-state index contributed by atoms with van der Waals surface area (Å²) in [7, 11) is -0.491. The van der Waals surface area contributed by atoms with Crippen molar-refractivity contribution in [1.29, 1.82) is 0 Å². The Morgan fingerprint density at radius 2 is 0.955 bits per heavy atom. The van der Waals surface area contributed by atoms with Crippen molar-refractivity contribution in [1.82, 2.24) is 0 Å². The average molecular weight is 306 g/mol. The van der Waals surface area contributed by atoms with Gasteiger partial charge in [0.15, 0.2) is 0 Å². The molecule has 3 rings (SSSR count). The Hall–Kier alpha value is -1.99. The van der Waals surface area contributed by atoms with Crippen LogP contribution in [0, 0.1) is 20.8 Å². The summed E-state index contributed by atoms with van der Waals surface area (Å²) in [6.07, 6.45) is 0. The largest absolute Gasteiger partial charge is 0.173 e. The molecule has 3 aromatic rings. The maximum atomic E-state index is 2.37. The lowest BCUT2D eigenvalue weighted by Crippen LogP contribution is -1.93. The van der Waals surface area contributed by atoms with Crippen LogP contribution < -0.4 is 0 Å². The van der Waals surface area contributed by atoms with Crippen molar-refractivity contribution in [2.24, 2.45) is 0 Å². The van der Waals surface area contributed by atoms with Gasteiger partial charge in [0.05, 0.1) is 0 Å². The molecule has 3 aromatic carbocycles. The molecule has 0 atom stereocenters. The van der Waals surface area contributed by atoms with Crippen molar-refractivity contribution in [2.45, 2.75) is 35.5 Å². The molecule has 0 unspecified atom stereocenters. The molecule has 0 aliphatic heterocycles. The lowest BCUT2D eigenvalue weighted by Gasteiger charge is -2.25. The quantitative estimate of drug-likeness (QED) is 0.556. The van der Waals surface area contributed by atoms with Crippen LogP contribution in [-0.2, 0) is 0 Å². The minimum atomic E-state index is -0.491. The Morgan fingerprint density at radius 1 is 0.545 bits per heavy atom. The normalized spacial score (nSPS) is 11.3. The molecule has 0 N–H and O–H groups in total. The van der Waals surface area contributed by atoms with E-state index in [1.165, 1.54) is 31.4 Å². The summed E-state index contributed by atoms with van der Waals surface area (Å²) >= 11 is 0. The van der Waals surface area contributed by atoms with E-state index in [4.69, 9.17) is 0 Å². The van der Waals surface area contributed by atoms with Crippen LogP contribution in [0.25, 0.3) is 0 Å². The molecule has 0 saturated heterocycles. The second kappa shape index (κ2) is 6.41. The molecule has 0 amide bonds. The van der Waals surface area contributed by atoms with E-state index in [-0.39, 0.29) is 0 Å². The van der Waals surface area contributed by atoms with Crippen molar-refractivity contribution in [3.05, 3.63) is 89.5 Å². The zero-order valence-corrected chi connectivity index (χ0v) is 14.3. The average Bonchev–Trinajstić information content (AvgIpc) is 2.55. The van der Waals surface area contributed by atoms with E-state index in [9.17, 15) is 0 Å². The molecule has 0 radical (unpaired) electrons. The number of rotatable bonds is 3. The van der Waals surface area contributed by atoms with Crippen molar-refractivity contribution < 1.29 is 0 Å². The summed E-state index contributed by atoms with van der Waals surface area (Å²) in [5.74, 6) is 0. The molecule has 0 aliphatic carbocycles. The van der Waals surface area contributed by atoms with Crippen LogP contribution >= 0.6 is 10.9 Å². The van der Waals surface area contributed by atoms with Gasteiger partial charge in [0.2, 0.25) is 0 Å².